The molecule has 1 fully saturated rings. The fourth-order valence-electron chi connectivity index (χ4n) is 2.53. The van der Waals surface area contributed by atoms with Gasteiger partial charge in [-0.2, -0.15) is 0 Å². The molecule has 1 unspecified atom stereocenters. The molecule has 2 aromatic rings. The van der Waals surface area contributed by atoms with E-state index in [4.69, 9.17) is 4.74 Å². The maximum absolute atomic E-state index is 14.4. The summed E-state index contributed by atoms with van der Waals surface area (Å²) in [6.07, 6.45) is 3.61. The van der Waals surface area contributed by atoms with Gasteiger partial charge in [-0.1, -0.05) is 0 Å². The van der Waals surface area contributed by atoms with Crippen LogP contribution < -0.4 is 4.90 Å². The third-order valence-corrected chi connectivity index (χ3v) is 3.39. The van der Waals surface area contributed by atoms with Crippen LogP contribution in [0.2, 0.25) is 0 Å². The Morgan fingerprint density at radius 3 is 3.16 bits per heavy atom. The van der Waals surface area contributed by atoms with Crippen molar-refractivity contribution < 1.29 is 9.13 Å². The van der Waals surface area contributed by atoms with E-state index in [1.807, 2.05) is 17.0 Å². The molecular formula is C13H15FN4O. The highest BCUT2D eigenvalue weighted by Crippen LogP contribution is 2.31. The third-order valence-electron chi connectivity index (χ3n) is 3.39. The predicted octanol–water partition coefficient (Wildman–Crippen LogP) is 1.59. The van der Waals surface area contributed by atoms with Gasteiger partial charge in [-0.05, 0) is 12.1 Å². The zero-order chi connectivity index (χ0) is 13.3. The Bertz CT molecular complexity index is 588. The summed E-state index contributed by atoms with van der Waals surface area (Å²) in [6.45, 7) is 1.04. The van der Waals surface area contributed by atoms with Crippen LogP contribution in [0.4, 0.5) is 10.2 Å². The van der Waals surface area contributed by atoms with Gasteiger partial charge >= 0.3 is 0 Å². The molecule has 0 amide bonds. The molecule has 1 saturated heterocycles. The third kappa shape index (κ3) is 2.23. The first-order valence-electron chi connectivity index (χ1n) is 6.20. The Morgan fingerprint density at radius 2 is 2.32 bits per heavy atom. The number of fused-ring (bicyclic) bond motifs is 1. The number of nitrogens with zero attached hydrogens (tertiary/aromatic N) is 4. The van der Waals surface area contributed by atoms with Crippen molar-refractivity contribution in [2.75, 3.05) is 31.7 Å². The quantitative estimate of drug-likeness (QED) is 0.840. The van der Waals surface area contributed by atoms with Gasteiger partial charge in [0.25, 0.3) is 0 Å². The Balaban J connectivity index is 1.94. The molecular weight excluding hydrogens is 247 g/mol. The van der Waals surface area contributed by atoms with Gasteiger partial charge in [0.15, 0.2) is 11.3 Å². The molecule has 1 aliphatic rings. The molecule has 0 spiro atoms. The molecule has 1 aliphatic heterocycles. The number of anilines is 1. The fourth-order valence-corrected chi connectivity index (χ4v) is 2.53. The van der Waals surface area contributed by atoms with Gasteiger partial charge in [0.1, 0.15) is 12.1 Å². The largest absolute Gasteiger partial charge is 0.381 e. The van der Waals surface area contributed by atoms with Gasteiger partial charge in [0.2, 0.25) is 0 Å². The first kappa shape index (κ1) is 12.2. The highest BCUT2D eigenvalue weighted by Gasteiger charge is 2.39. The van der Waals surface area contributed by atoms with Crippen LogP contribution in [0.15, 0.2) is 24.7 Å². The van der Waals surface area contributed by atoms with Crippen LogP contribution >= 0.6 is 0 Å². The van der Waals surface area contributed by atoms with Gasteiger partial charge in [0.05, 0.1) is 18.5 Å². The second-order valence-electron chi connectivity index (χ2n) is 4.83. The molecule has 0 bridgehead atoms. The molecule has 0 aromatic carbocycles. The minimum Gasteiger partial charge on any atom is -0.381 e. The van der Waals surface area contributed by atoms with E-state index < -0.39 is 5.67 Å². The van der Waals surface area contributed by atoms with Crippen molar-refractivity contribution in [3.8, 4) is 0 Å². The predicted molar refractivity (Wildman–Crippen MR) is 69.9 cm³/mol. The second-order valence-corrected chi connectivity index (χ2v) is 4.83. The van der Waals surface area contributed by atoms with Gasteiger partial charge < -0.3 is 9.64 Å². The number of pyridine rings is 1. The summed E-state index contributed by atoms with van der Waals surface area (Å²) in [5, 5.41) is 0.853. The van der Waals surface area contributed by atoms with E-state index >= 15 is 0 Å². The fraction of sp³-hybridized carbons (Fsp3) is 0.462. The molecule has 0 radical (unpaired) electrons. The van der Waals surface area contributed by atoms with Gasteiger partial charge in [-0.3, -0.25) is 0 Å². The van der Waals surface area contributed by atoms with E-state index in [1.54, 1.807) is 6.20 Å². The van der Waals surface area contributed by atoms with Gasteiger partial charge in [-0.25, -0.2) is 19.3 Å². The number of hydrogen-bond acceptors (Lipinski definition) is 5. The zero-order valence-electron chi connectivity index (χ0n) is 10.7. The molecule has 100 valence electrons. The van der Waals surface area contributed by atoms with Crippen LogP contribution in [0.1, 0.15) is 6.42 Å². The molecule has 1 atom stereocenters. The standard InChI is InChI=1S/C13H15FN4O/c1-19-8-13(14)4-6-18(7-13)12-10-3-2-5-15-11(10)16-9-17-12/h2-3,5,9H,4,6-8H2,1H3. The molecule has 6 heteroatoms. The first-order valence-corrected chi connectivity index (χ1v) is 6.20. The number of alkyl halides is 1. The van der Waals surface area contributed by atoms with Crippen molar-refractivity contribution in [1.29, 1.82) is 0 Å². The smallest absolute Gasteiger partial charge is 0.164 e. The molecule has 0 aliphatic carbocycles. The number of aromatic nitrogens is 3. The maximum atomic E-state index is 14.4. The zero-order valence-corrected chi connectivity index (χ0v) is 10.7. The molecule has 0 saturated carbocycles. The van der Waals surface area contributed by atoms with Crippen LogP contribution in [-0.4, -0.2) is 47.4 Å². The highest BCUT2D eigenvalue weighted by molar-refractivity contribution is 5.86. The molecule has 2 aromatic heterocycles. The van der Waals surface area contributed by atoms with Crippen molar-refractivity contribution >= 4 is 16.9 Å². The van der Waals surface area contributed by atoms with Crippen LogP contribution in [0.5, 0.6) is 0 Å². The molecule has 3 heterocycles. The van der Waals surface area contributed by atoms with Crippen molar-refractivity contribution in [3.63, 3.8) is 0 Å². The van der Waals surface area contributed by atoms with Gasteiger partial charge in [-0.15, -0.1) is 0 Å². The number of halogens is 1. The normalized spacial score (nSPS) is 23.2. The number of ether oxygens (including phenoxy) is 1. The van der Waals surface area contributed by atoms with E-state index in [9.17, 15) is 4.39 Å². The minimum atomic E-state index is -1.30. The Kier molecular flexibility index (Phi) is 3.02. The minimum absolute atomic E-state index is 0.116. The number of hydrogen-bond donors (Lipinski definition) is 0. The van der Waals surface area contributed by atoms with E-state index in [0.29, 0.717) is 25.2 Å². The lowest BCUT2D eigenvalue weighted by molar-refractivity contribution is 0.0571. The lowest BCUT2D eigenvalue weighted by atomic mass is 10.1. The van der Waals surface area contributed by atoms with Crippen LogP contribution in [0.25, 0.3) is 11.0 Å². The summed E-state index contributed by atoms with van der Waals surface area (Å²) in [5.74, 6) is 0.744. The van der Waals surface area contributed by atoms with Crippen LogP contribution in [0.3, 0.4) is 0 Å². The topological polar surface area (TPSA) is 51.1 Å². The van der Waals surface area contributed by atoms with E-state index in [-0.39, 0.29) is 6.61 Å². The lowest BCUT2D eigenvalue weighted by Gasteiger charge is -2.21. The summed E-state index contributed by atoms with van der Waals surface area (Å²) in [4.78, 5) is 14.5. The highest BCUT2D eigenvalue weighted by atomic mass is 19.1. The van der Waals surface area contributed by atoms with E-state index in [0.717, 1.165) is 11.2 Å². The van der Waals surface area contributed by atoms with E-state index in [2.05, 4.69) is 15.0 Å². The first-order chi connectivity index (χ1) is 9.22. The van der Waals surface area contributed by atoms with E-state index in [1.165, 1.54) is 13.4 Å². The Hall–Kier alpha value is -1.82. The second kappa shape index (κ2) is 4.70. The number of methoxy groups -OCH3 is 1. The average molecular weight is 262 g/mol. The number of rotatable bonds is 3. The van der Waals surface area contributed by atoms with Crippen molar-refractivity contribution in [2.24, 2.45) is 0 Å². The van der Waals surface area contributed by atoms with Crippen LogP contribution in [-0.2, 0) is 4.74 Å². The summed E-state index contributed by atoms with van der Waals surface area (Å²) in [6, 6.07) is 3.75. The van der Waals surface area contributed by atoms with Gasteiger partial charge in [0, 0.05) is 26.3 Å². The Labute approximate surface area is 110 Å². The molecule has 3 rings (SSSR count). The lowest BCUT2D eigenvalue weighted by Crippen LogP contribution is -2.33. The van der Waals surface area contributed by atoms with Crippen molar-refractivity contribution in [3.05, 3.63) is 24.7 Å². The van der Waals surface area contributed by atoms with Crippen LogP contribution in [0, 0.1) is 0 Å². The van der Waals surface area contributed by atoms with Crippen molar-refractivity contribution in [2.45, 2.75) is 12.1 Å². The maximum Gasteiger partial charge on any atom is 0.164 e. The Morgan fingerprint density at radius 1 is 1.42 bits per heavy atom. The summed E-state index contributed by atoms with van der Waals surface area (Å²) in [7, 11) is 1.52. The molecule has 0 N–H and O–H groups in total. The van der Waals surface area contributed by atoms with Crippen molar-refractivity contribution in [1.82, 2.24) is 15.0 Å². The average Bonchev–Trinajstić information content (AvgIpc) is 2.81. The monoisotopic (exact) mass is 262 g/mol. The summed E-state index contributed by atoms with van der Waals surface area (Å²) >= 11 is 0. The summed E-state index contributed by atoms with van der Waals surface area (Å²) in [5.41, 5.74) is -0.663. The SMILES string of the molecule is COCC1(F)CCN(c2ncnc3ncccc23)C1. The molecule has 5 nitrogen and oxygen atoms in total. The molecule has 19 heavy (non-hydrogen) atoms. The summed E-state index contributed by atoms with van der Waals surface area (Å²) < 4.78 is 19.4.